The summed E-state index contributed by atoms with van der Waals surface area (Å²) < 4.78 is 1.68. The fourth-order valence-corrected chi connectivity index (χ4v) is 4.62. The van der Waals surface area contributed by atoms with Gasteiger partial charge in [-0.05, 0) is 38.0 Å². The fourth-order valence-electron chi connectivity index (χ4n) is 3.41. The number of aromatic hydroxyl groups is 1. The first-order valence-electron chi connectivity index (χ1n) is 10.6. The Balaban J connectivity index is 1.80. The highest BCUT2D eigenvalue weighted by molar-refractivity contribution is 7.71. The molecule has 2 N–H and O–H groups in total. The zero-order valence-electron chi connectivity index (χ0n) is 18.6. The van der Waals surface area contributed by atoms with Crippen LogP contribution in [0.5, 0.6) is 5.88 Å². The van der Waals surface area contributed by atoms with Crippen LogP contribution in [0.4, 0.5) is 5.13 Å². The monoisotopic (exact) mass is 476 g/mol. The topological polar surface area (TPSA) is 83.3 Å². The first-order chi connectivity index (χ1) is 15.9. The van der Waals surface area contributed by atoms with Gasteiger partial charge in [-0.25, -0.2) is 9.98 Å². The van der Waals surface area contributed by atoms with Gasteiger partial charge < -0.3 is 5.11 Å². The predicted molar refractivity (Wildman–Crippen MR) is 138 cm³/mol. The smallest absolute Gasteiger partial charge is 0.264 e. The lowest BCUT2D eigenvalue weighted by atomic mass is 10.0. The normalized spacial score (nSPS) is 11.4. The van der Waals surface area contributed by atoms with Crippen LogP contribution in [-0.2, 0) is 6.54 Å². The average Bonchev–Trinajstić information content (AvgIpc) is 3.21. The van der Waals surface area contributed by atoms with Gasteiger partial charge in [0.05, 0.1) is 10.6 Å². The van der Waals surface area contributed by atoms with E-state index in [0.717, 1.165) is 28.1 Å². The number of aryl methyl sites for hydroxylation is 2. The number of nitrogens with zero attached hydrogens (tertiary/aromatic N) is 3. The Morgan fingerprint density at radius 2 is 1.70 bits per heavy atom. The van der Waals surface area contributed by atoms with Crippen LogP contribution in [-0.4, -0.2) is 25.9 Å². The highest BCUT2D eigenvalue weighted by atomic mass is 32.1. The van der Waals surface area contributed by atoms with Crippen molar-refractivity contribution < 1.29 is 5.11 Å². The van der Waals surface area contributed by atoms with Gasteiger partial charge in [0.1, 0.15) is 5.56 Å². The molecule has 8 heteroatoms. The van der Waals surface area contributed by atoms with Crippen molar-refractivity contribution in [2.75, 3.05) is 0 Å². The Kier molecular flexibility index (Phi) is 6.67. The SMILES string of the molecule is CCCn1c(O)c(/C=N/c2nc(-c3ccc(C)cc3)c(-c3ccc(C)cc3)s2)c(=O)[nH]c1=S. The predicted octanol–water partition coefficient (Wildman–Crippen LogP) is 6.18. The number of thiazole rings is 1. The lowest BCUT2D eigenvalue weighted by Gasteiger charge is -2.09. The van der Waals surface area contributed by atoms with Crippen LogP contribution in [0.1, 0.15) is 30.0 Å². The first-order valence-corrected chi connectivity index (χ1v) is 11.8. The molecule has 0 aliphatic heterocycles. The highest BCUT2D eigenvalue weighted by Gasteiger charge is 2.16. The van der Waals surface area contributed by atoms with E-state index in [-0.39, 0.29) is 16.2 Å². The molecule has 4 rings (SSSR count). The fraction of sp³-hybridized carbons (Fsp3) is 0.200. The maximum atomic E-state index is 12.4. The molecule has 2 heterocycles. The quantitative estimate of drug-likeness (QED) is 0.257. The summed E-state index contributed by atoms with van der Waals surface area (Å²) in [5, 5.41) is 11.1. The third-order valence-corrected chi connectivity index (χ3v) is 6.55. The molecular weight excluding hydrogens is 452 g/mol. The summed E-state index contributed by atoms with van der Waals surface area (Å²) in [6.45, 7) is 6.56. The molecule has 0 aliphatic carbocycles. The first kappa shape index (κ1) is 22.8. The summed E-state index contributed by atoms with van der Waals surface area (Å²) in [6, 6.07) is 16.5. The molecule has 33 heavy (non-hydrogen) atoms. The van der Waals surface area contributed by atoms with E-state index in [1.54, 1.807) is 0 Å². The number of aromatic amines is 1. The highest BCUT2D eigenvalue weighted by Crippen LogP contribution is 2.40. The van der Waals surface area contributed by atoms with Crippen LogP contribution in [0, 0.1) is 18.6 Å². The molecule has 0 aliphatic rings. The Labute approximate surface area is 201 Å². The van der Waals surface area contributed by atoms with Crippen LogP contribution in [0.2, 0.25) is 0 Å². The molecule has 4 aromatic rings. The maximum absolute atomic E-state index is 12.4. The molecule has 6 nitrogen and oxygen atoms in total. The van der Waals surface area contributed by atoms with E-state index in [1.807, 2.05) is 26.0 Å². The summed E-state index contributed by atoms with van der Waals surface area (Å²) in [7, 11) is 0. The van der Waals surface area contributed by atoms with E-state index in [2.05, 4.69) is 53.3 Å². The molecular formula is C25H24N4O2S2. The molecule has 0 unspecified atom stereocenters. The second kappa shape index (κ2) is 9.64. The van der Waals surface area contributed by atoms with E-state index < -0.39 is 5.56 Å². The number of nitrogens with one attached hydrogen (secondary N) is 1. The van der Waals surface area contributed by atoms with Gasteiger partial charge in [0.15, 0.2) is 4.77 Å². The van der Waals surface area contributed by atoms with Gasteiger partial charge >= 0.3 is 0 Å². The number of benzene rings is 2. The van der Waals surface area contributed by atoms with Gasteiger partial charge in [0, 0.05) is 18.3 Å². The molecule has 0 spiro atoms. The summed E-state index contributed by atoms with van der Waals surface area (Å²) in [5.74, 6) is -0.191. The third kappa shape index (κ3) is 4.86. The van der Waals surface area contributed by atoms with Crippen LogP contribution >= 0.6 is 23.6 Å². The van der Waals surface area contributed by atoms with Gasteiger partial charge in [-0.1, -0.05) is 77.9 Å². The maximum Gasteiger partial charge on any atom is 0.264 e. The molecule has 0 saturated heterocycles. The number of hydrogen-bond acceptors (Lipinski definition) is 6. The van der Waals surface area contributed by atoms with Crippen LogP contribution in [0.25, 0.3) is 21.7 Å². The van der Waals surface area contributed by atoms with Gasteiger partial charge in [0.2, 0.25) is 11.0 Å². The van der Waals surface area contributed by atoms with Gasteiger partial charge in [-0.15, -0.1) is 0 Å². The van der Waals surface area contributed by atoms with Crippen molar-refractivity contribution in [3.8, 4) is 27.6 Å². The molecule has 168 valence electrons. The molecule has 0 bridgehead atoms. The van der Waals surface area contributed by atoms with Crippen molar-refractivity contribution in [1.29, 1.82) is 0 Å². The van der Waals surface area contributed by atoms with Crippen LogP contribution in [0.15, 0.2) is 58.3 Å². The van der Waals surface area contributed by atoms with E-state index in [4.69, 9.17) is 17.2 Å². The van der Waals surface area contributed by atoms with Crippen molar-refractivity contribution in [2.45, 2.75) is 33.7 Å². The van der Waals surface area contributed by atoms with Crippen LogP contribution in [0.3, 0.4) is 0 Å². The van der Waals surface area contributed by atoms with Crippen molar-refractivity contribution >= 4 is 34.9 Å². The lowest BCUT2D eigenvalue weighted by Crippen LogP contribution is -2.18. The minimum atomic E-state index is -0.484. The molecule has 2 aromatic carbocycles. The second-order valence-electron chi connectivity index (χ2n) is 7.81. The number of H-pyrrole nitrogens is 1. The lowest BCUT2D eigenvalue weighted by molar-refractivity contribution is 0.402. The van der Waals surface area contributed by atoms with Gasteiger partial charge in [-0.2, -0.15) is 0 Å². The zero-order chi connectivity index (χ0) is 23.5. The van der Waals surface area contributed by atoms with E-state index >= 15 is 0 Å². The van der Waals surface area contributed by atoms with Gasteiger partial charge in [-0.3, -0.25) is 14.3 Å². The molecule has 0 amide bonds. The van der Waals surface area contributed by atoms with Crippen molar-refractivity contribution in [2.24, 2.45) is 4.99 Å². The average molecular weight is 477 g/mol. The number of aromatic nitrogens is 3. The minimum absolute atomic E-state index is 0.0565. The molecule has 0 atom stereocenters. The summed E-state index contributed by atoms with van der Waals surface area (Å²) in [6.07, 6.45) is 2.11. The van der Waals surface area contributed by atoms with Gasteiger partial charge in [0.25, 0.3) is 5.56 Å². The molecule has 2 aromatic heterocycles. The second-order valence-corrected chi connectivity index (χ2v) is 9.18. The Morgan fingerprint density at radius 1 is 1.09 bits per heavy atom. The molecule has 0 radical (unpaired) electrons. The standard InChI is InChI=1S/C25H24N4O2S2/c1-4-13-29-23(31)19(22(30)28-25(29)32)14-26-24-27-20(17-9-5-15(2)6-10-17)21(33-24)18-11-7-16(3)8-12-18/h5-12,14,31H,4,13H2,1-3H3,(H,28,30,32)/b26-14+. The minimum Gasteiger partial charge on any atom is -0.494 e. The summed E-state index contributed by atoms with van der Waals surface area (Å²) in [4.78, 5) is 25.2. The van der Waals surface area contributed by atoms with E-state index in [9.17, 15) is 9.90 Å². The van der Waals surface area contributed by atoms with Crippen molar-refractivity contribution in [1.82, 2.24) is 14.5 Å². The summed E-state index contributed by atoms with van der Waals surface area (Å²) in [5.41, 5.74) is 4.79. The Bertz CT molecular complexity index is 1370. The number of aliphatic imine (C=N–C) groups is 1. The molecule has 0 fully saturated rings. The summed E-state index contributed by atoms with van der Waals surface area (Å²) >= 11 is 6.61. The Morgan fingerprint density at radius 3 is 2.30 bits per heavy atom. The van der Waals surface area contributed by atoms with Crippen molar-refractivity contribution in [3.63, 3.8) is 0 Å². The van der Waals surface area contributed by atoms with Crippen molar-refractivity contribution in [3.05, 3.63) is 80.3 Å². The molecule has 0 saturated carbocycles. The van der Waals surface area contributed by atoms with E-state index in [0.29, 0.717) is 11.7 Å². The Hall–Kier alpha value is -3.36. The largest absolute Gasteiger partial charge is 0.494 e. The van der Waals surface area contributed by atoms with E-state index in [1.165, 1.54) is 33.2 Å². The zero-order valence-corrected chi connectivity index (χ0v) is 20.3. The number of hydrogen-bond donors (Lipinski definition) is 2. The number of rotatable bonds is 6. The van der Waals surface area contributed by atoms with Crippen LogP contribution < -0.4 is 5.56 Å². The third-order valence-electron chi connectivity index (χ3n) is 5.21.